The maximum Gasteiger partial charge on any atom is 0.323 e. The minimum absolute atomic E-state index is 0.263. The summed E-state index contributed by atoms with van der Waals surface area (Å²) < 4.78 is 10.4. The van der Waals surface area contributed by atoms with Gasteiger partial charge in [-0.1, -0.05) is 0 Å². The van der Waals surface area contributed by atoms with Crippen LogP contribution in [0.25, 0.3) is 0 Å². The van der Waals surface area contributed by atoms with Crippen LogP contribution in [0.4, 0.5) is 4.79 Å². The van der Waals surface area contributed by atoms with Crippen LogP contribution in [0.15, 0.2) is 0 Å². The van der Waals surface area contributed by atoms with Gasteiger partial charge in [-0.05, 0) is 13.8 Å². The maximum absolute atomic E-state index is 12.3. The summed E-state index contributed by atoms with van der Waals surface area (Å²) in [5, 5.41) is 8.86. The van der Waals surface area contributed by atoms with E-state index in [1.165, 1.54) is 12.0 Å². The normalized spacial score (nSPS) is 18.2. The summed E-state index contributed by atoms with van der Waals surface area (Å²) in [5.74, 6) is -1.03. The number of carbonyl (C=O) groups is 2. The number of carbonyl (C=O) groups excluding carboxylic acids is 1. The van der Waals surface area contributed by atoms with Crippen LogP contribution in [0.2, 0.25) is 0 Å². The Morgan fingerprint density at radius 2 is 2.16 bits per heavy atom. The van der Waals surface area contributed by atoms with Crippen molar-refractivity contribution in [2.75, 3.05) is 46.5 Å². The Kier molecular flexibility index (Phi) is 5.56. The van der Waals surface area contributed by atoms with Gasteiger partial charge in [-0.2, -0.15) is 0 Å². The first-order valence-corrected chi connectivity index (χ1v) is 6.24. The number of methoxy groups -OCH3 is 1. The number of hydrogen-bond acceptors (Lipinski definition) is 4. The van der Waals surface area contributed by atoms with E-state index >= 15 is 0 Å². The highest BCUT2D eigenvalue weighted by molar-refractivity contribution is 5.80. The third kappa shape index (κ3) is 5.04. The summed E-state index contributed by atoms with van der Waals surface area (Å²) in [7, 11) is 1.52. The molecule has 1 saturated heterocycles. The standard InChI is InChI=1S/C12H22N2O5/c1-12(2)9-14(5-7-19-12)11(17)13(4-6-18-3)8-10(15)16/h4-9H2,1-3H3,(H,15,16). The molecule has 1 rings (SSSR count). The van der Waals surface area contributed by atoms with Crippen LogP contribution in [0.3, 0.4) is 0 Å². The zero-order valence-electron chi connectivity index (χ0n) is 11.7. The number of ether oxygens (including phenoxy) is 2. The third-order valence-electron chi connectivity index (χ3n) is 2.86. The lowest BCUT2D eigenvalue weighted by molar-refractivity contribution is -0.138. The lowest BCUT2D eigenvalue weighted by Gasteiger charge is -2.40. The zero-order chi connectivity index (χ0) is 14.5. The Balaban J connectivity index is 2.66. The highest BCUT2D eigenvalue weighted by atomic mass is 16.5. The van der Waals surface area contributed by atoms with Crippen molar-refractivity contribution in [2.24, 2.45) is 0 Å². The van der Waals surface area contributed by atoms with Gasteiger partial charge in [0.1, 0.15) is 6.54 Å². The molecule has 0 aromatic rings. The van der Waals surface area contributed by atoms with Gasteiger partial charge in [0, 0.05) is 20.2 Å². The fourth-order valence-electron chi connectivity index (χ4n) is 1.99. The zero-order valence-corrected chi connectivity index (χ0v) is 11.7. The van der Waals surface area contributed by atoms with Gasteiger partial charge >= 0.3 is 12.0 Å². The Morgan fingerprint density at radius 1 is 1.47 bits per heavy atom. The van der Waals surface area contributed by atoms with E-state index in [1.807, 2.05) is 13.8 Å². The van der Waals surface area contributed by atoms with Crippen molar-refractivity contribution in [1.29, 1.82) is 0 Å². The fraction of sp³-hybridized carbons (Fsp3) is 0.833. The third-order valence-corrected chi connectivity index (χ3v) is 2.86. The smallest absolute Gasteiger partial charge is 0.323 e. The number of nitrogens with zero attached hydrogens (tertiary/aromatic N) is 2. The van der Waals surface area contributed by atoms with Gasteiger partial charge in [0.25, 0.3) is 0 Å². The predicted octanol–water partition coefficient (Wildman–Crippen LogP) is 0.250. The van der Waals surface area contributed by atoms with Gasteiger partial charge in [-0.3, -0.25) is 4.79 Å². The second-order valence-electron chi connectivity index (χ2n) is 5.12. The molecule has 0 aromatic heterocycles. The molecule has 0 spiro atoms. The predicted molar refractivity (Wildman–Crippen MR) is 68.1 cm³/mol. The van der Waals surface area contributed by atoms with E-state index in [9.17, 15) is 9.59 Å². The number of carboxylic acids is 1. The molecule has 0 bridgehead atoms. The molecular formula is C12H22N2O5. The monoisotopic (exact) mass is 274 g/mol. The number of urea groups is 1. The molecule has 0 radical (unpaired) electrons. The van der Waals surface area contributed by atoms with Gasteiger partial charge < -0.3 is 24.4 Å². The van der Waals surface area contributed by atoms with E-state index < -0.39 is 11.6 Å². The molecule has 19 heavy (non-hydrogen) atoms. The number of aliphatic carboxylic acids is 1. The second-order valence-corrected chi connectivity index (χ2v) is 5.12. The lowest BCUT2D eigenvalue weighted by Crippen LogP contribution is -2.55. The van der Waals surface area contributed by atoms with Crippen LogP contribution < -0.4 is 0 Å². The van der Waals surface area contributed by atoms with E-state index in [4.69, 9.17) is 14.6 Å². The van der Waals surface area contributed by atoms with Crippen molar-refractivity contribution in [3.63, 3.8) is 0 Å². The molecule has 2 amide bonds. The van der Waals surface area contributed by atoms with E-state index in [-0.39, 0.29) is 19.1 Å². The number of rotatable bonds is 5. The lowest BCUT2D eigenvalue weighted by atomic mass is 10.1. The number of amides is 2. The van der Waals surface area contributed by atoms with Crippen molar-refractivity contribution < 1.29 is 24.2 Å². The molecule has 1 heterocycles. The summed E-state index contributed by atoms with van der Waals surface area (Å²) in [6.07, 6.45) is 0. The molecule has 110 valence electrons. The van der Waals surface area contributed by atoms with E-state index in [0.717, 1.165) is 0 Å². The van der Waals surface area contributed by atoms with E-state index in [0.29, 0.717) is 26.3 Å². The molecule has 0 aromatic carbocycles. The Morgan fingerprint density at radius 3 is 2.68 bits per heavy atom. The Hall–Kier alpha value is -1.34. The molecule has 0 atom stereocenters. The SMILES string of the molecule is COCCN(CC(=O)O)C(=O)N1CCOC(C)(C)C1. The van der Waals surface area contributed by atoms with Crippen molar-refractivity contribution >= 4 is 12.0 Å². The molecule has 1 aliphatic rings. The van der Waals surface area contributed by atoms with Crippen molar-refractivity contribution in [3.8, 4) is 0 Å². The maximum atomic E-state index is 12.3. The van der Waals surface area contributed by atoms with Gasteiger partial charge in [0.05, 0.1) is 25.4 Å². The molecule has 7 heteroatoms. The summed E-state index contributed by atoms with van der Waals surface area (Å²) in [6.45, 7) is 5.46. The fourth-order valence-corrected chi connectivity index (χ4v) is 1.99. The van der Waals surface area contributed by atoms with Crippen molar-refractivity contribution in [1.82, 2.24) is 9.80 Å². The minimum atomic E-state index is -1.03. The Labute approximate surface area is 113 Å². The summed E-state index contributed by atoms with van der Waals surface area (Å²) in [4.78, 5) is 26.0. The van der Waals surface area contributed by atoms with Crippen LogP contribution in [0.1, 0.15) is 13.8 Å². The molecule has 0 saturated carbocycles. The highest BCUT2D eigenvalue weighted by Crippen LogP contribution is 2.17. The van der Waals surface area contributed by atoms with E-state index in [2.05, 4.69) is 0 Å². The molecule has 0 unspecified atom stereocenters. The summed E-state index contributed by atoms with van der Waals surface area (Å²) in [6, 6.07) is -0.282. The van der Waals surface area contributed by atoms with Crippen LogP contribution in [0.5, 0.6) is 0 Å². The highest BCUT2D eigenvalue weighted by Gasteiger charge is 2.32. The first-order valence-electron chi connectivity index (χ1n) is 6.24. The van der Waals surface area contributed by atoms with Gasteiger partial charge in [0.15, 0.2) is 0 Å². The number of morpholine rings is 1. The molecule has 1 N–H and O–H groups in total. The molecule has 1 aliphatic heterocycles. The van der Waals surface area contributed by atoms with E-state index in [1.54, 1.807) is 4.90 Å². The minimum Gasteiger partial charge on any atom is -0.480 e. The quantitative estimate of drug-likeness (QED) is 0.777. The number of carboxylic acid groups (broad SMARTS) is 1. The van der Waals surface area contributed by atoms with Crippen LogP contribution in [-0.2, 0) is 14.3 Å². The largest absolute Gasteiger partial charge is 0.480 e. The van der Waals surface area contributed by atoms with Crippen LogP contribution in [0, 0.1) is 0 Å². The average Bonchev–Trinajstić information content (AvgIpc) is 2.32. The first kappa shape index (κ1) is 15.7. The van der Waals surface area contributed by atoms with Crippen molar-refractivity contribution in [3.05, 3.63) is 0 Å². The average molecular weight is 274 g/mol. The second kappa shape index (κ2) is 6.72. The van der Waals surface area contributed by atoms with Gasteiger partial charge in [-0.15, -0.1) is 0 Å². The number of hydrogen-bond donors (Lipinski definition) is 1. The van der Waals surface area contributed by atoms with Crippen LogP contribution >= 0.6 is 0 Å². The van der Waals surface area contributed by atoms with Gasteiger partial charge in [-0.25, -0.2) is 4.79 Å². The Bertz CT molecular complexity index is 332. The van der Waals surface area contributed by atoms with Crippen LogP contribution in [-0.4, -0.2) is 79.0 Å². The molecular weight excluding hydrogens is 252 g/mol. The van der Waals surface area contributed by atoms with Crippen molar-refractivity contribution in [2.45, 2.75) is 19.4 Å². The molecule has 0 aliphatic carbocycles. The summed E-state index contributed by atoms with van der Waals surface area (Å²) in [5.41, 5.74) is -0.399. The summed E-state index contributed by atoms with van der Waals surface area (Å²) >= 11 is 0. The van der Waals surface area contributed by atoms with Gasteiger partial charge in [0.2, 0.25) is 0 Å². The first-order chi connectivity index (χ1) is 8.85. The molecule has 1 fully saturated rings. The molecule has 7 nitrogen and oxygen atoms in total. The topological polar surface area (TPSA) is 79.3 Å².